The highest BCUT2D eigenvalue weighted by atomic mass is 79.9. The van der Waals surface area contributed by atoms with E-state index in [0.29, 0.717) is 5.92 Å². The Balaban J connectivity index is 2.15. The van der Waals surface area contributed by atoms with Crippen LogP contribution in [0.1, 0.15) is 17.0 Å². The van der Waals surface area contributed by atoms with E-state index >= 15 is 0 Å². The molecule has 2 aromatic rings. The molecule has 0 amide bonds. The lowest BCUT2D eigenvalue weighted by molar-refractivity contribution is 0.625. The average molecular weight is 383 g/mol. The lowest BCUT2D eigenvalue weighted by atomic mass is 9.92. The molecule has 1 atom stereocenters. The van der Waals surface area contributed by atoms with Gasteiger partial charge in [0.25, 0.3) is 0 Å². The van der Waals surface area contributed by atoms with Crippen LogP contribution >= 0.6 is 31.9 Å². The second-order valence-electron chi connectivity index (χ2n) is 4.64. The Hall–Kier alpha value is -0.640. The van der Waals surface area contributed by atoms with Crippen molar-refractivity contribution < 1.29 is 0 Å². The number of benzene rings is 2. The highest BCUT2D eigenvalue weighted by molar-refractivity contribution is 9.10. The van der Waals surface area contributed by atoms with Crippen molar-refractivity contribution in [1.82, 2.24) is 5.32 Å². The van der Waals surface area contributed by atoms with Gasteiger partial charge < -0.3 is 5.32 Å². The van der Waals surface area contributed by atoms with Crippen LogP contribution in [0.4, 0.5) is 0 Å². The molecule has 1 N–H and O–H groups in total. The molecule has 0 heterocycles. The van der Waals surface area contributed by atoms with Crippen LogP contribution in [0.5, 0.6) is 0 Å². The van der Waals surface area contributed by atoms with Crippen LogP contribution in [0.15, 0.2) is 57.5 Å². The van der Waals surface area contributed by atoms with Gasteiger partial charge in [-0.2, -0.15) is 0 Å². The molecule has 0 aliphatic heterocycles. The van der Waals surface area contributed by atoms with Gasteiger partial charge in [0, 0.05) is 21.4 Å². The Morgan fingerprint density at radius 3 is 1.95 bits per heavy atom. The van der Waals surface area contributed by atoms with Crippen molar-refractivity contribution in [2.45, 2.75) is 12.3 Å². The van der Waals surface area contributed by atoms with Crippen LogP contribution in [0.25, 0.3) is 0 Å². The largest absolute Gasteiger partial charge is 0.319 e. The monoisotopic (exact) mass is 381 g/mol. The zero-order chi connectivity index (χ0) is 13.7. The Morgan fingerprint density at radius 2 is 1.42 bits per heavy atom. The van der Waals surface area contributed by atoms with Gasteiger partial charge in [-0.05, 0) is 48.9 Å². The first kappa shape index (κ1) is 14.8. The Bertz CT molecular complexity index is 505. The van der Waals surface area contributed by atoms with Crippen molar-refractivity contribution >= 4 is 31.9 Å². The first-order valence-corrected chi connectivity index (χ1v) is 7.92. The molecule has 3 heteroatoms. The summed E-state index contributed by atoms with van der Waals surface area (Å²) in [6.07, 6.45) is 1.05. The summed E-state index contributed by atoms with van der Waals surface area (Å²) >= 11 is 6.97. The highest BCUT2D eigenvalue weighted by Crippen LogP contribution is 2.23. The smallest absolute Gasteiger partial charge is 0.0175 e. The number of likely N-dealkylation sites (N-methyl/N-ethyl adjacent to an activating group) is 1. The van der Waals surface area contributed by atoms with E-state index in [9.17, 15) is 0 Å². The SMILES string of the molecule is CNCC(Cc1ccc(Br)cc1)c1ccc(Br)cc1. The first-order chi connectivity index (χ1) is 9.19. The lowest BCUT2D eigenvalue weighted by Crippen LogP contribution is -2.19. The van der Waals surface area contributed by atoms with E-state index in [1.165, 1.54) is 11.1 Å². The molecule has 2 rings (SSSR count). The molecule has 100 valence electrons. The molecule has 0 spiro atoms. The van der Waals surface area contributed by atoms with Crippen LogP contribution in [-0.2, 0) is 6.42 Å². The Labute approximate surface area is 131 Å². The standard InChI is InChI=1S/C16H17Br2N/c1-19-11-14(13-4-8-16(18)9-5-13)10-12-2-6-15(17)7-3-12/h2-9,14,19H,10-11H2,1H3. The van der Waals surface area contributed by atoms with Crippen LogP contribution in [-0.4, -0.2) is 13.6 Å². The van der Waals surface area contributed by atoms with Gasteiger partial charge in [0.2, 0.25) is 0 Å². The number of nitrogens with one attached hydrogen (secondary N) is 1. The molecular weight excluding hydrogens is 366 g/mol. The van der Waals surface area contributed by atoms with Crippen LogP contribution in [0.2, 0.25) is 0 Å². The fourth-order valence-electron chi connectivity index (χ4n) is 2.19. The number of rotatable bonds is 5. The van der Waals surface area contributed by atoms with Gasteiger partial charge in [0.15, 0.2) is 0 Å². The summed E-state index contributed by atoms with van der Waals surface area (Å²) in [4.78, 5) is 0. The molecule has 1 nitrogen and oxygen atoms in total. The third-order valence-electron chi connectivity index (χ3n) is 3.19. The van der Waals surface area contributed by atoms with Crippen molar-refractivity contribution in [3.05, 3.63) is 68.6 Å². The molecule has 0 aliphatic carbocycles. The van der Waals surface area contributed by atoms with Crippen LogP contribution in [0, 0.1) is 0 Å². The third kappa shape index (κ3) is 4.44. The van der Waals surface area contributed by atoms with E-state index in [2.05, 4.69) is 85.7 Å². The van der Waals surface area contributed by atoms with Crippen molar-refractivity contribution in [3.8, 4) is 0 Å². The predicted octanol–water partition coefficient (Wildman–Crippen LogP) is 4.76. The van der Waals surface area contributed by atoms with Gasteiger partial charge in [-0.1, -0.05) is 56.1 Å². The minimum atomic E-state index is 0.499. The van der Waals surface area contributed by atoms with Crippen molar-refractivity contribution in [2.24, 2.45) is 0 Å². The number of halogens is 2. The minimum Gasteiger partial charge on any atom is -0.319 e. The normalized spacial score (nSPS) is 12.4. The zero-order valence-electron chi connectivity index (χ0n) is 10.9. The molecule has 0 radical (unpaired) electrons. The van der Waals surface area contributed by atoms with Crippen molar-refractivity contribution in [2.75, 3.05) is 13.6 Å². The zero-order valence-corrected chi connectivity index (χ0v) is 14.0. The topological polar surface area (TPSA) is 12.0 Å². The Kier molecular flexibility index (Phi) is 5.61. The van der Waals surface area contributed by atoms with Gasteiger partial charge in [-0.3, -0.25) is 0 Å². The number of hydrogen-bond donors (Lipinski definition) is 1. The molecule has 0 fully saturated rings. The molecule has 0 aliphatic rings. The van der Waals surface area contributed by atoms with E-state index in [0.717, 1.165) is 21.9 Å². The quantitative estimate of drug-likeness (QED) is 0.786. The van der Waals surface area contributed by atoms with E-state index < -0.39 is 0 Å². The second-order valence-corrected chi connectivity index (χ2v) is 6.47. The van der Waals surface area contributed by atoms with E-state index in [1.54, 1.807) is 0 Å². The van der Waals surface area contributed by atoms with Gasteiger partial charge in [-0.15, -0.1) is 0 Å². The second kappa shape index (κ2) is 7.22. The van der Waals surface area contributed by atoms with Crippen molar-refractivity contribution in [3.63, 3.8) is 0 Å². The minimum absolute atomic E-state index is 0.499. The summed E-state index contributed by atoms with van der Waals surface area (Å²) in [5, 5.41) is 3.29. The van der Waals surface area contributed by atoms with E-state index in [4.69, 9.17) is 0 Å². The summed E-state index contributed by atoms with van der Waals surface area (Å²) in [5.41, 5.74) is 2.74. The lowest BCUT2D eigenvalue weighted by Gasteiger charge is -2.17. The summed E-state index contributed by atoms with van der Waals surface area (Å²) in [6, 6.07) is 17.2. The van der Waals surface area contributed by atoms with Gasteiger partial charge in [0.1, 0.15) is 0 Å². The fraction of sp³-hybridized carbons (Fsp3) is 0.250. The van der Waals surface area contributed by atoms with Gasteiger partial charge in [0.05, 0.1) is 0 Å². The molecule has 1 unspecified atom stereocenters. The predicted molar refractivity (Wildman–Crippen MR) is 88.7 cm³/mol. The maximum Gasteiger partial charge on any atom is 0.0175 e. The summed E-state index contributed by atoms with van der Waals surface area (Å²) in [6.45, 7) is 0.984. The molecule has 0 bridgehead atoms. The highest BCUT2D eigenvalue weighted by Gasteiger charge is 2.11. The average Bonchev–Trinajstić information content (AvgIpc) is 2.42. The summed E-state index contributed by atoms with van der Waals surface area (Å²) in [5.74, 6) is 0.499. The van der Waals surface area contributed by atoms with Gasteiger partial charge in [-0.25, -0.2) is 0 Å². The van der Waals surface area contributed by atoms with Crippen LogP contribution in [0.3, 0.4) is 0 Å². The van der Waals surface area contributed by atoms with Gasteiger partial charge >= 0.3 is 0 Å². The molecule has 0 saturated heterocycles. The molecular formula is C16H17Br2N. The summed E-state index contributed by atoms with van der Waals surface area (Å²) < 4.78 is 2.26. The maximum absolute atomic E-state index is 3.49. The first-order valence-electron chi connectivity index (χ1n) is 6.33. The van der Waals surface area contributed by atoms with Crippen LogP contribution < -0.4 is 5.32 Å². The fourth-order valence-corrected chi connectivity index (χ4v) is 2.72. The molecule has 0 saturated carbocycles. The van der Waals surface area contributed by atoms with E-state index in [-0.39, 0.29) is 0 Å². The summed E-state index contributed by atoms with van der Waals surface area (Å²) in [7, 11) is 2.01. The van der Waals surface area contributed by atoms with E-state index in [1.807, 2.05) is 7.05 Å². The third-order valence-corrected chi connectivity index (χ3v) is 4.24. The Morgan fingerprint density at radius 1 is 0.895 bits per heavy atom. The molecule has 0 aromatic heterocycles. The molecule has 19 heavy (non-hydrogen) atoms. The number of hydrogen-bond acceptors (Lipinski definition) is 1. The maximum atomic E-state index is 3.49. The molecule has 2 aromatic carbocycles. The van der Waals surface area contributed by atoms with Crippen molar-refractivity contribution in [1.29, 1.82) is 0 Å².